The van der Waals surface area contributed by atoms with Gasteiger partial charge in [-0.2, -0.15) is 13.2 Å². The summed E-state index contributed by atoms with van der Waals surface area (Å²) < 4.78 is 39.8. The summed E-state index contributed by atoms with van der Waals surface area (Å²) in [5.74, 6) is -0.613. The number of pyridine rings is 1. The van der Waals surface area contributed by atoms with Gasteiger partial charge in [0.25, 0.3) is 11.8 Å². The highest BCUT2D eigenvalue weighted by Crippen LogP contribution is 2.34. The molecule has 2 aromatic carbocycles. The van der Waals surface area contributed by atoms with E-state index >= 15 is 0 Å². The van der Waals surface area contributed by atoms with E-state index in [0.717, 1.165) is 63.7 Å². The fourth-order valence-electron chi connectivity index (χ4n) is 8.47. The number of nitrogens with zero attached hydrogens (tertiary/aromatic N) is 5. The second-order valence-electron chi connectivity index (χ2n) is 17.2. The molecule has 0 spiro atoms. The predicted octanol–water partition coefficient (Wildman–Crippen LogP) is 5.97. The number of amides is 3. The summed E-state index contributed by atoms with van der Waals surface area (Å²) in [5.41, 5.74) is 5.75. The molecule has 2 fully saturated rings. The average Bonchev–Trinajstić information content (AvgIpc) is 3.25. The monoisotopic (exact) mass is 876 g/mol. The minimum absolute atomic E-state index is 0.0535. The summed E-state index contributed by atoms with van der Waals surface area (Å²) in [6.07, 6.45) is 4.01. The topological polar surface area (TPSA) is 191 Å². The van der Waals surface area contributed by atoms with E-state index in [1.54, 1.807) is 24.4 Å². The molecule has 1 aliphatic carbocycles. The lowest BCUT2D eigenvalue weighted by Gasteiger charge is -2.37. The van der Waals surface area contributed by atoms with Gasteiger partial charge < -0.3 is 41.0 Å². The molecule has 14 nitrogen and oxygen atoms in total. The van der Waals surface area contributed by atoms with Crippen LogP contribution < -0.4 is 21.3 Å². The highest BCUT2D eigenvalue weighted by molar-refractivity contribution is 6.07. The third kappa shape index (κ3) is 12.7. The van der Waals surface area contributed by atoms with Crippen LogP contribution in [0.15, 0.2) is 53.5 Å². The van der Waals surface area contributed by atoms with E-state index in [0.29, 0.717) is 54.4 Å². The van der Waals surface area contributed by atoms with Gasteiger partial charge in [-0.1, -0.05) is 18.2 Å². The van der Waals surface area contributed by atoms with Crippen molar-refractivity contribution >= 4 is 53.6 Å². The first-order chi connectivity index (χ1) is 29.8. The van der Waals surface area contributed by atoms with E-state index in [4.69, 9.17) is 10.7 Å². The number of halogens is 3. The quantitative estimate of drug-likeness (QED) is 0.0715. The number of nitrogens with two attached hydrogens (primary N) is 1. The maximum absolute atomic E-state index is 13.8. The Hall–Kier alpha value is -5.68. The van der Waals surface area contributed by atoms with Crippen molar-refractivity contribution in [2.24, 2.45) is 16.8 Å². The second-order valence-corrected chi connectivity index (χ2v) is 17.2. The number of hydrogen-bond donors (Lipinski definition) is 4. The van der Waals surface area contributed by atoms with Gasteiger partial charge in [-0.05, 0) is 108 Å². The summed E-state index contributed by atoms with van der Waals surface area (Å²) in [7, 11) is 5.17. The summed E-state index contributed by atoms with van der Waals surface area (Å²) in [6.45, 7) is 6.29. The van der Waals surface area contributed by atoms with Crippen molar-refractivity contribution < 1.29 is 42.3 Å². The number of aromatic nitrogens is 1. The molecule has 1 saturated carbocycles. The molecule has 1 aliphatic heterocycles. The highest BCUT2D eigenvalue weighted by atomic mass is 19.4. The standard InChI is InChI=1S/C46H59F3N8O6/c1-45(2,63)35-23-36(50)32(22-38(35)54-43(61)37-9-7-11-40(53-37)46(47,48)49)24-52-33-14-12-29(13-15-33)25-55(4)26-30-18-20-57(21-19-30)39-10-6-8-31(27-58)42(39)44(62)56(5)34(28-59)16-17-41(60)51-3/h6-11,22-24,27-30,33-34,63H,12-21,25-26,50H2,1-5H3,(H,51,60)(H,54,61). The van der Waals surface area contributed by atoms with E-state index in [1.807, 2.05) is 6.07 Å². The summed E-state index contributed by atoms with van der Waals surface area (Å²) in [5, 5.41) is 16.0. The van der Waals surface area contributed by atoms with Gasteiger partial charge in [-0.15, -0.1) is 0 Å². The molecule has 1 aromatic heterocycles. The molecule has 340 valence electrons. The molecule has 1 atom stereocenters. The maximum atomic E-state index is 13.8. The van der Waals surface area contributed by atoms with Crippen molar-refractivity contribution in [2.75, 3.05) is 63.3 Å². The van der Waals surface area contributed by atoms with E-state index < -0.39 is 41.0 Å². The van der Waals surface area contributed by atoms with Gasteiger partial charge in [0, 0.05) is 87.0 Å². The van der Waals surface area contributed by atoms with Gasteiger partial charge in [-0.3, -0.25) is 24.2 Å². The third-order valence-electron chi connectivity index (χ3n) is 12.1. The van der Waals surface area contributed by atoms with Gasteiger partial charge in [0.1, 0.15) is 17.7 Å². The molecule has 17 heteroatoms. The van der Waals surface area contributed by atoms with Gasteiger partial charge >= 0.3 is 6.18 Å². The number of hydrogen-bond acceptors (Lipinski definition) is 11. The first-order valence-corrected chi connectivity index (χ1v) is 21.3. The minimum Gasteiger partial charge on any atom is -0.398 e. The Morgan fingerprint density at radius 2 is 1.62 bits per heavy atom. The van der Waals surface area contributed by atoms with E-state index in [-0.39, 0.29) is 47.2 Å². The van der Waals surface area contributed by atoms with Gasteiger partial charge in [0.05, 0.1) is 22.9 Å². The van der Waals surface area contributed by atoms with Crippen molar-refractivity contribution in [3.63, 3.8) is 0 Å². The lowest BCUT2D eigenvalue weighted by atomic mass is 9.85. The lowest BCUT2D eigenvalue weighted by Crippen LogP contribution is -2.42. The number of aliphatic imine (C=N–C) groups is 1. The molecular weight excluding hydrogens is 818 g/mol. The SMILES string of the molecule is CNC(=O)CCC(C=O)N(C)C(=O)c1c(C=O)cccc1N1CCC(CN(C)CC2CCC(N=Cc3cc(NC(=O)c4cccc(C(F)(F)F)n4)c(C(C)(C)O)cc3N)CC2)CC1. The van der Waals surface area contributed by atoms with Crippen LogP contribution in [-0.4, -0.2) is 116 Å². The molecule has 1 unspecified atom stereocenters. The third-order valence-corrected chi connectivity index (χ3v) is 12.1. The number of alkyl halides is 3. The number of anilines is 3. The van der Waals surface area contributed by atoms with Crippen molar-refractivity contribution in [3.8, 4) is 0 Å². The van der Waals surface area contributed by atoms with Crippen LogP contribution in [0, 0.1) is 11.8 Å². The van der Waals surface area contributed by atoms with Crippen LogP contribution in [0.4, 0.5) is 30.2 Å². The Kier molecular flexibility index (Phi) is 16.2. The molecule has 2 heterocycles. The van der Waals surface area contributed by atoms with Crippen LogP contribution in [0.25, 0.3) is 0 Å². The minimum atomic E-state index is -4.72. The van der Waals surface area contributed by atoms with E-state index in [1.165, 1.54) is 45.0 Å². The number of nitrogens with one attached hydrogen (secondary N) is 2. The van der Waals surface area contributed by atoms with Gasteiger partial charge in [0.2, 0.25) is 5.91 Å². The Balaban J connectivity index is 1.14. The van der Waals surface area contributed by atoms with Crippen LogP contribution in [0.1, 0.15) is 113 Å². The number of rotatable bonds is 17. The average molecular weight is 877 g/mol. The number of benzene rings is 2. The Morgan fingerprint density at radius 1 is 0.968 bits per heavy atom. The number of aldehydes is 2. The number of carbonyl (C=O) groups is 5. The first kappa shape index (κ1) is 48.4. The van der Waals surface area contributed by atoms with Crippen molar-refractivity contribution in [2.45, 2.75) is 89.1 Å². The van der Waals surface area contributed by atoms with E-state index in [2.05, 4.69) is 32.5 Å². The molecule has 63 heavy (non-hydrogen) atoms. The molecule has 0 bridgehead atoms. The molecule has 0 radical (unpaired) electrons. The smallest absolute Gasteiger partial charge is 0.398 e. The summed E-state index contributed by atoms with van der Waals surface area (Å²) in [4.78, 5) is 76.9. The molecule has 5 rings (SSSR count). The Morgan fingerprint density at radius 3 is 2.22 bits per heavy atom. The summed E-state index contributed by atoms with van der Waals surface area (Å²) >= 11 is 0. The van der Waals surface area contributed by atoms with Crippen LogP contribution in [0.2, 0.25) is 0 Å². The first-order valence-electron chi connectivity index (χ1n) is 21.3. The van der Waals surface area contributed by atoms with Crippen LogP contribution >= 0.6 is 0 Å². The van der Waals surface area contributed by atoms with E-state index in [9.17, 15) is 42.3 Å². The summed E-state index contributed by atoms with van der Waals surface area (Å²) in [6, 6.07) is 10.6. The lowest BCUT2D eigenvalue weighted by molar-refractivity contribution is -0.141. The molecule has 3 aromatic rings. The van der Waals surface area contributed by atoms with Crippen LogP contribution in [0.5, 0.6) is 0 Å². The van der Waals surface area contributed by atoms with Gasteiger partial charge in [0.15, 0.2) is 6.29 Å². The van der Waals surface area contributed by atoms with Crippen molar-refractivity contribution in [3.05, 3.63) is 82.2 Å². The number of piperidine rings is 1. The molecule has 5 N–H and O–H groups in total. The molecule has 2 aliphatic rings. The predicted molar refractivity (Wildman–Crippen MR) is 236 cm³/mol. The Labute approximate surface area is 366 Å². The van der Waals surface area contributed by atoms with Crippen LogP contribution in [-0.2, 0) is 21.4 Å². The molecule has 3 amide bonds. The van der Waals surface area contributed by atoms with Crippen molar-refractivity contribution in [1.82, 2.24) is 20.1 Å². The number of aliphatic hydroxyl groups is 1. The fraction of sp³-hybridized carbons (Fsp3) is 0.500. The van der Waals surface area contributed by atoms with Gasteiger partial charge in [-0.25, -0.2) is 4.98 Å². The normalized spacial score (nSPS) is 18.0. The van der Waals surface area contributed by atoms with Crippen molar-refractivity contribution in [1.29, 1.82) is 0 Å². The zero-order chi connectivity index (χ0) is 46.1. The zero-order valence-electron chi connectivity index (χ0n) is 36.6. The second kappa shape index (κ2) is 21.1. The fourth-order valence-corrected chi connectivity index (χ4v) is 8.47. The number of nitrogen functional groups attached to an aromatic ring is 1. The Bertz CT molecular complexity index is 2140. The number of likely N-dealkylation sites (N-methyl/N-ethyl adjacent to an activating group) is 1. The number of carbonyl (C=O) groups excluding carboxylic acids is 5. The highest BCUT2D eigenvalue weighted by Gasteiger charge is 2.34. The molecule has 1 saturated heterocycles. The van der Waals surface area contributed by atoms with Crippen LogP contribution in [0.3, 0.4) is 0 Å². The zero-order valence-corrected chi connectivity index (χ0v) is 36.6. The molecular formula is C46H59F3N8O6. The maximum Gasteiger partial charge on any atom is 0.433 e. The largest absolute Gasteiger partial charge is 0.433 e.